The zero-order chi connectivity index (χ0) is 9.68. The second-order valence-electron chi connectivity index (χ2n) is 4.26. The van der Waals surface area contributed by atoms with Gasteiger partial charge >= 0.3 is 0 Å². The summed E-state index contributed by atoms with van der Waals surface area (Å²) >= 11 is 0. The van der Waals surface area contributed by atoms with Gasteiger partial charge in [-0.2, -0.15) is 0 Å². The van der Waals surface area contributed by atoms with Crippen LogP contribution in [0.2, 0.25) is 0 Å². The van der Waals surface area contributed by atoms with E-state index in [9.17, 15) is 0 Å². The van der Waals surface area contributed by atoms with Crippen molar-refractivity contribution in [2.45, 2.75) is 39.2 Å². The quantitative estimate of drug-likeness (QED) is 0.715. The molecule has 0 aromatic rings. The van der Waals surface area contributed by atoms with Crippen LogP contribution in [0.4, 0.5) is 0 Å². The molecule has 2 heteroatoms. The molecule has 2 nitrogen and oxygen atoms in total. The van der Waals surface area contributed by atoms with Crippen molar-refractivity contribution in [1.82, 2.24) is 10.2 Å². The number of rotatable bonds is 4. The van der Waals surface area contributed by atoms with Crippen LogP contribution in [-0.4, -0.2) is 37.6 Å². The SMILES string of the molecule is CCCN1CC(CC)CC(NC)C1. The molecular formula is C11H24N2. The molecule has 1 saturated heterocycles. The standard InChI is InChI=1S/C11H24N2/c1-4-6-13-8-10(5-2)7-11(9-13)12-3/h10-12H,4-9H2,1-3H3. The lowest BCUT2D eigenvalue weighted by atomic mass is 9.92. The number of piperidine rings is 1. The molecular weight excluding hydrogens is 160 g/mol. The van der Waals surface area contributed by atoms with E-state index in [-0.39, 0.29) is 0 Å². The summed E-state index contributed by atoms with van der Waals surface area (Å²) in [5.41, 5.74) is 0. The zero-order valence-corrected chi connectivity index (χ0v) is 9.34. The van der Waals surface area contributed by atoms with Crippen molar-refractivity contribution >= 4 is 0 Å². The minimum Gasteiger partial charge on any atom is -0.316 e. The first-order chi connectivity index (χ1) is 6.30. The largest absolute Gasteiger partial charge is 0.316 e. The summed E-state index contributed by atoms with van der Waals surface area (Å²) in [4.78, 5) is 2.61. The van der Waals surface area contributed by atoms with Crippen molar-refractivity contribution in [1.29, 1.82) is 0 Å². The smallest absolute Gasteiger partial charge is 0.0195 e. The van der Waals surface area contributed by atoms with E-state index in [4.69, 9.17) is 0 Å². The first kappa shape index (κ1) is 11.0. The average Bonchev–Trinajstić information content (AvgIpc) is 2.17. The van der Waals surface area contributed by atoms with Gasteiger partial charge in [0.25, 0.3) is 0 Å². The lowest BCUT2D eigenvalue weighted by Crippen LogP contribution is -2.48. The molecule has 1 aliphatic heterocycles. The van der Waals surface area contributed by atoms with E-state index in [1.54, 1.807) is 0 Å². The van der Waals surface area contributed by atoms with E-state index in [0.717, 1.165) is 12.0 Å². The summed E-state index contributed by atoms with van der Waals surface area (Å²) in [5.74, 6) is 0.915. The number of nitrogens with zero attached hydrogens (tertiary/aromatic N) is 1. The van der Waals surface area contributed by atoms with Gasteiger partial charge in [-0.25, -0.2) is 0 Å². The third kappa shape index (κ3) is 3.28. The third-order valence-corrected chi connectivity index (χ3v) is 3.14. The van der Waals surface area contributed by atoms with Gasteiger partial charge < -0.3 is 10.2 Å². The average molecular weight is 184 g/mol. The van der Waals surface area contributed by atoms with E-state index in [1.807, 2.05) is 0 Å². The molecule has 2 atom stereocenters. The Morgan fingerprint density at radius 2 is 2.08 bits per heavy atom. The van der Waals surface area contributed by atoms with Gasteiger partial charge in [0.05, 0.1) is 0 Å². The van der Waals surface area contributed by atoms with Gasteiger partial charge in [0.1, 0.15) is 0 Å². The fourth-order valence-electron chi connectivity index (χ4n) is 2.31. The van der Waals surface area contributed by atoms with Crippen LogP contribution in [0.1, 0.15) is 33.1 Å². The van der Waals surface area contributed by atoms with Gasteiger partial charge in [0.2, 0.25) is 0 Å². The number of likely N-dealkylation sites (tertiary alicyclic amines) is 1. The Labute approximate surface area is 82.7 Å². The van der Waals surface area contributed by atoms with Crippen LogP contribution in [0.25, 0.3) is 0 Å². The van der Waals surface area contributed by atoms with Gasteiger partial charge in [-0.05, 0) is 32.4 Å². The van der Waals surface area contributed by atoms with Gasteiger partial charge in [-0.1, -0.05) is 20.3 Å². The molecule has 1 rings (SSSR count). The molecule has 78 valence electrons. The maximum atomic E-state index is 3.41. The first-order valence-electron chi connectivity index (χ1n) is 5.69. The number of likely N-dealkylation sites (N-methyl/N-ethyl adjacent to an activating group) is 1. The second kappa shape index (κ2) is 5.61. The van der Waals surface area contributed by atoms with Crippen molar-refractivity contribution < 1.29 is 0 Å². The molecule has 2 unspecified atom stereocenters. The molecule has 0 bridgehead atoms. The molecule has 0 aliphatic carbocycles. The molecule has 13 heavy (non-hydrogen) atoms. The number of hydrogen-bond acceptors (Lipinski definition) is 2. The Bertz CT molecular complexity index is 124. The topological polar surface area (TPSA) is 15.3 Å². The summed E-state index contributed by atoms with van der Waals surface area (Å²) < 4.78 is 0. The van der Waals surface area contributed by atoms with E-state index >= 15 is 0 Å². The molecule has 0 aromatic carbocycles. The monoisotopic (exact) mass is 184 g/mol. The summed E-state index contributed by atoms with van der Waals surface area (Å²) in [6, 6.07) is 0.727. The fourth-order valence-corrected chi connectivity index (χ4v) is 2.31. The summed E-state index contributed by atoms with van der Waals surface area (Å²) in [6.07, 6.45) is 3.98. The molecule has 0 aromatic heterocycles. The lowest BCUT2D eigenvalue weighted by molar-refractivity contribution is 0.142. The van der Waals surface area contributed by atoms with Crippen LogP contribution in [0.5, 0.6) is 0 Å². The van der Waals surface area contributed by atoms with Crippen LogP contribution >= 0.6 is 0 Å². The molecule has 1 N–H and O–H groups in total. The molecule has 0 amide bonds. The maximum absolute atomic E-state index is 3.41. The summed E-state index contributed by atoms with van der Waals surface area (Å²) in [6.45, 7) is 8.43. The van der Waals surface area contributed by atoms with Crippen LogP contribution in [0.15, 0.2) is 0 Å². The highest BCUT2D eigenvalue weighted by Gasteiger charge is 2.24. The van der Waals surface area contributed by atoms with E-state index in [2.05, 4.69) is 31.1 Å². The molecule has 0 saturated carbocycles. The Hall–Kier alpha value is -0.0800. The third-order valence-electron chi connectivity index (χ3n) is 3.14. The second-order valence-corrected chi connectivity index (χ2v) is 4.26. The van der Waals surface area contributed by atoms with Crippen LogP contribution < -0.4 is 5.32 Å². The normalized spacial score (nSPS) is 30.7. The van der Waals surface area contributed by atoms with Gasteiger partial charge in [-0.15, -0.1) is 0 Å². The minimum absolute atomic E-state index is 0.727. The Balaban J connectivity index is 2.39. The predicted molar refractivity (Wildman–Crippen MR) is 58.0 cm³/mol. The Morgan fingerprint density at radius 3 is 2.62 bits per heavy atom. The molecule has 0 radical (unpaired) electrons. The highest BCUT2D eigenvalue weighted by atomic mass is 15.2. The van der Waals surface area contributed by atoms with Crippen molar-refractivity contribution in [2.75, 3.05) is 26.7 Å². The molecule has 1 aliphatic rings. The minimum atomic E-state index is 0.727. The molecule has 1 fully saturated rings. The lowest BCUT2D eigenvalue weighted by Gasteiger charge is -2.37. The van der Waals surface area contributed by atoms with Crippen molar-refractivity contribution in [2.24, 2.45) is 5.92 Å². The van der Waals surface area contributed by atoms with E-state index in [1.165, 1.54) is 38.9 Å². The predicted octanol–water partition coefficient (Wildman–Crippen LogP) is 1.72. The highest BCUT2D eigenvalue weighted by molar-refractivity contribution is 4.81. The van der Waals surface area contributed by atoms with Crippen LogP contribution in [-0.2, 0) is 0 Å². The van der Waals surface area contributed by atoms with Gasteiger partial charge in [0, 0.05) is 19.1 Å². The van der Waals surface area contributed by atoms with E-state index in [0.29, 0.717) is 0 Å². The zero-order valence-electron chi connectivity index (χ0n) is 9.34. The first-order valence-corrected chi connectivity index (χ1v) is 5.69. The highest BCUT2D eigenvalue weighted by Crippen LogP contribution is 2.19. The summed E-state index contributed by atoms with van der Waals surface area (Å²) in [5, 5.41) is 3.41. The van der Waals surface area contributed by atoms with Crippen LogP contribution in [0.3, 0.4) is 0 Å². The van der Waals surface area contributed by atoms with Crippen LogP contribution in [0, 0.1) is 5.92 Å². The van der Waals surface area contributed by atoms with E-state index < -0.39 is 0 Å². The van der Waals surface area contributed by atoms with Crippen molar-refractivity contribution in [3.63, 3.8) is 0 Å². The number of nitrogens with one attached hydrogen (secondary N) is 1. The van der Waals surface area contributed by atoms with Gasteiger partial charge in [-0.3, -0.25) is 0 Å². The number of hydrogen-bond donors (Lipinski definition) is 1. The fraction of sp³-hybridized carbons (Fsp3) is 1.00. The van der Waals surface area contributed by atoms with Crippen molar-refractivity contribution in [3.8, 4) is 0 Å². The Kier molecular flexibility index (Phi) is 4.74. The van der Waals surface area contributed by atoms with Crippen molar-refractivity contribution in [3.05, 3.63) is 0 Å². The summed E-state index contributed by atoms with van der Waals surface area (Å²) in [7, 11) is 2.09. The molecule has 1 heterocycles. The van der Waals surface area contributed by atoms with Gasteiger partial charge in [0.15, 0.2) is 0 Å². The Morgan fingerprint density at radius 1 is 1.31 bits per heavy atom. The molecule has 0 spiro atoms. The maximum Gasteiger partial charge on any atom is 0.0195 e.